The number of nitroso groups, excluding NO2 is 1. The van der Waals surface area contributed by atoms with Gasteiger partial charge in [0.05, 0.1) is 63.3 Å². The van der Waals surface area contributed by atoms with Crippen molar-refractivity contribution in [3.8, 4) is 56.3 Å². The molecule has 1 amide bonds. The molecular weight excluding hydrogens is 1680 g/mol. The lowest BCUT2D eigenvalue weighted by Crippen LogP contribution is -2.20. The standard InChI is InChI=1S/C25H22N4O4.C24H18N4O2.C23H16N4O2.C16H10N4O2.C15H10N4/c1-2-33-22(31)15-21(30)26-25-24(28-32)23(27-29(25)16-17-8-4-3-5-9-17)20-13-12-18-10-6-7-11-19(18)14-20;1-30-24(29)20-14-25-23-22(26-20)21(27-28(23)15-16-7-3-2-4-8-16)19-12-11-17-9-5-6-10-18(17)13-19;28-23(29)19-13-24-22-21(25-19)20(26-27(22)14-15-6-2-1-3-7-15)18-11-10-16-8-4-5-9-17(16)12-18;21-16(22)12-8-17-15-14(18-12)13(19-20-15)11-6-5-9-3-1-2-4-10(9)7-11;1-2-4-11-9-12(6-5-10(11)3-1)13-14-15(19-18-13)17-8-7-16-14/h3-14H,2,15-16H2,1H3,(H,26,30);2-14H,15H2,1H3;1-13H,14H2,(H,28,29);1-8H,(H,21,22)(H,17,19,20);1-9H,(H,17,18,19). The number of aromatic carboxylic acids is 2. The third-order valence-electron chi connectivity index (χ3n) is 21.7. The summed E-state index contributed by atoms with van der Waals surface area (Å²) in [5.41, 5.74) is 15.3. The lowest BCUT2D eigenvalue weighted by Gasteiger charge is -2.09. The highest BCUT2D eigenvalue weighted by Gasteiger charge is 2.26. The normalized spacial score (nSPS) is 11.0. The zero-order chi connectivity index (χ0) is 91.3. The number of amides is 1. The van der Waals surface area contributed by atoms with E-state index in [-0.39, 0.29) is 35.2 Å². The molecular formula is C103H76N20O10. The van der Waals surface area contributed by atoms with Crippen LogP contribution in [0.15, 0.2) is 339 Å². The maximum absolute atomic E-state index is 12.5. The van der Waals surface area contributed by atoms with E-state index in [0.717, 1.165) is 93.2 Å². The van der Waals surface area contributed by atoms with Gasteiger partial charge in [-0.15, -0.1) is 4.91 Å². The lowest BCUT2D eigenvalue weighted by molar-refractivity contribution is -0.145. The number of methoxy groups -OCH3 is 1. The van der Waals surface area contributed by atoms with E-state index in [1.54, 1.807) is 24.0 Å². The Morgan fingerprint density at radius 3 is 1.17 bits per heavy atom. The zero-order valence-corrected chi connectivity index (χ0v) is 71.1. The van der Waals surface area contributed by atoms with Crippen molar-refractivity contribution in [1.82, 2.24) is 89.6 Å². The van der Waals surface area contributed by atoms with Crippen molar-refractivity contribution in [1.29, 1.82) is 0 Å². The zero-order valence-electron chi connectivity index (χ0n) is 71.1. The quantitative estimate of drug-likeness (QED) is 0.0285. The number of carbonyl (C=O) groups excluding carboxylic acids is 3. The van der Waals surface area contributed by atoms with Crippen molar-refractivity contribution in [2.75, 3.05) is 19.0 Å². The molecule has 0 aliphatic carbocycles. The highest BCUT2D eigenvalue weighted by molar-refractivity contribution is 6.05. The Morgan fingerprint density at radius 2 is 0.737 bits per heavy atom. The fraction of sp³-hybridized carbons (Fsp3) is 0.0680. The van der Waals surface area contributed by atoms with Gasteiger partial charge < -0.3 is 25.0 Å². The van der Waals surface area contributed by atoms with E-state index in [2.05, 4.69) is 130 Å². The molecule has 22 rings (SSSR count). The molecule has 9 heterocycles. The average Bonchev–Trinajstić information content (AvgIpc) is 1.68. The number of nitrogens with one attached hydrogen (secondary N) is 3. The van der Waals surface area contributed by atoms with Crippen molar-refractivity contribution in [3.63, 3.8) is 0 Å². The van der Waals surface area contributed by atoms with Crippen molar-refractivity contribution in [3.05, 3.63) is 373 Å². The molecule has 0 saturated carbocycles. The van der Waals surface area contributed by atoms with Crippen molar-refractivity contribution >= 4 is 140 Å². The number of H-pyrrole nitrogens is 2. The maximum atomic E-state index is 12.5. The number of carbonyl (C=O) groups is 5. The van der Waals surface area contributed by atoms with Gasteiger partial charge >= 0.3 is 23.9 Å². The third kappa shape index (κ3) is 19.0. The van der Waals surface area contributed by atoms with Crippen LogP contribution in [0.3, 0.4) is 0 Å². The molecule has 0 saturated heterocycles. The van der Waals surface area contributed by atoms with E-state index in [1.807, 2.05) is 253 Å². The first kappa shape index (κ1) is 85.3. The summed E-state index contributed by atoms with van der Waals surface area (Å²) in [5, 5.41) is 63.8. The predicted octanol–water partition coefficient (Wildman–Crippen LogP) is 20.0. The summed E-state index contributed by atoms with van der Waals surface area (Å²) in [5.74, 6) is -3.88. The highest BCUT2D eigenvalue weighted by atomic mass is 16.5. The summed E-state index contributed by atoms with van der Waals surface area (Å²) in [6.45, 7) is 3.20. The number of nitrogens with zero attached hydrogens (tertiary/aromatic N) is 17. The Kier molecular flexibility index (Phi) is 24.9. The number of rotatable bonds is 19. The molecule has 0 fully saturated rings. The van der Waals surface area contributed by atoms with E-state index in [0.29, 0.717) is 87.1 Å². The number of benzene rings is 13. The summed E-state index contributed by atoms with van der Waals surface area (Å²) in [6, 6.07) is 100. The van der Waals surface area contributed by atoms with Gasteiger partial charge in [0.2, 0.25) is 5.91 Å². The number of fused-ring (bicyclic) bond motifs is 9. The Bertz CT molecular complexity index is 8150. The number of anilines is 1. The number of hydrogen-bond donors (Lipinski definition) is 5. The molecule has 0 aliphatic heterocycles. The van der Waals surface area contributed by atoms with Gasteiger partial charge in [0.25, 0.3) is 0 Å². The van der Waals surface area contributed by atoms with Gasteiger partial charge in [-0.25, -0.2) is 68.3 Å². The molecule has 30 heteroatoms. The van der Waals surface area contributed by atoms with E-state index >= 15 is 0 Å². The SMILES string of the molecule is CCOC(=O)CC(=O)Nc1c(N=O)c(-c2ccc3ccccc3c2)nn1Cc1ccccc1.COC(=O)c1cnc2c(n1)c(-c1ccc3ccccc3c1)nn2Cc1ccccc1.O=C(O)c1cnc2c(n1)c(-c1ccc3ccccc3c1)nn2Cc1ccccc1.O=C(O)c1cnc2n[nH]c(-c3ccc4ccccc4c3)c2n1.c1ccc2cc(-c3[nH]nc4nccnc34)ccc2c1. The van der Waals surface area contributed by atoms with Crippen LogP contribution in [0.4, 0.5) is 11.5 Å². The molecule has 9 aromatic heterocycles. The Labute approximate surface area is 755 Å². The molecule has 0 spiro atoms. The topological polar surface area (TPSA) is 400 Å². The number of hydrogen-bond acceptors (Lipinski definition) is 22. The van der Waals surface area contributed by atoms with Crippen LogP contribution in [-0.4, -0.2) is 143 Å². The van der Waals surface area contributed by atoms with Crippen molar-refractivity contribution < 1.29 is 43.7 Å². The summed E-state index contributed by atoms with van der Waals surface area (Å²) < 4.78 is 14.8. The first-order chi connectivity index (χ1) is 65.1. The lowest BCUT2D eigenvalue weighted by atomic mass is 10.0. The van der Waals surface area contributed by atoms with Gasteiger partial charge in [-0.2, -0.15) is 25.5 Å². The van der Waals surface area contributed by atoms with Gasteiger partial charge in [-0.05, 0) is 113 Å². The second kappa shape index (κ2) is 38.8. The molecule has 0 atom stereocenters. The van der Waals surface area contributed by atoms with E-state index in [1.165, 1.54) is 41.2 Å². The molecule has 133 heavy (non-hydrogen) atoms. The average molecular weight is 1750 g/mol. The number of carboxylic acid groups (broad SMARTS) is 2. The molecule has 0 aliphatic rings. The minimum atomic E-state index is -1.11. The van der Waals surface area contributed by atoms with E-state index < -0.39 is 36.2 Å². The highest BCUT2D eigenvalue weighted by Crippen LogP contribution is 2.40. The summed E-state index contributed by atoms with van der Waals surface area (Å²) in [6.07, 6.45) is 6.76. The van der Waals surface area contributed by atoms with Crippen LogP contribution in [0.25, 0.3) is 155 Å². The minimum Gasteiger partial charge on any atom is -0.476 e. The number of aromatic amines is 2. The predicted molar refractivity (Wildman–Crippen MR) is 508 cm³/mol. The van der Waals surface area contributed by atoms with Crippen LogP contribution in [-0.2, 0) is 38.7 Å². The molecule has 0 bridgehead atoms. The molecule has 22 aromatic rings. The first-order valence-corrected chi connectivity index (χ1v) is 42.0. The minimum absolute atomic E-state index is 0.00146. The fourth-order valence-corrected chi connectivity index (χ4v) is 15.3. The van der Waals surface area contributed by atoms with Crippen LogP contribution >= 0.6 is 0 Å². The van der Waals surface area contributed by atoms with Crippen LogP contribution in [0.5, 0.6) is 0 Å². The van der Waals surface area contributed by atoms with Gasteiger partial charge in [-0.3, -0.25) is 19.8 Å². The number of esters is 2. The summed E-state index contributed by atoms with van der Waals surface area (Å²) >= 11 is 0. The number of carboxylic acids is 2. The van der Waals surface area contributed by atoms with Gasteiger partial charge in [0.1, 0.15) is 45.6 Å². The largest absolute Gasteiger partial charge is 0.476 e. The van der Waals surface area contributed by atoms with Gasteiger partial charge in [-0.1, -0.05) is 273 Å². The maximum Gasteiger partial charge on any atom is 0.358 e. The second-order valence-corrected chi connectivity index (χ2v) is 30.4. The molecule has 648 valence electrons. The Balaban J connectivity index is 0.000000113. The third-order valence-corrected chi connectivity index (χ3v) is 21.7. The van der Waals surface area contributed by atoms with Crippen molar-refractivity contribution in [2.45, 2.75) is 33.0 Å². The first-order valence-electron chi connectivity index (χ1n) is 42.0. The summed E-state index contributed by atoms with van der Waals surface area (Å²) in [4.78, 5) is 105. The fourth-order valence-electron chi connectivity index (χ4n) is 15.3. The molecule has 5 N–H and O–H groups in total. The van der Waals surface area contributed by atoms with Crippen LogP contribution in [0.2, 0.25) is 0 Å². The van der Waals surface area contributed by atoms with E-state index in [9.17, 15) is 34.0 Å². The smallest absolute Gasteiger partial charge is 0.358 e. The van der Waals surface area contributed by atoms with Crippen LogP contribution in [0, 0.1) is 4.91 Å². The Morgan fingerprint density at radius 1 is 0.383 bits per heavy atom. The van der Waals surface area contributed by atoms with E-state index in [4.69, 9.17) is 24.8 Å². The second-order valence-electron chi connectivity index (χ2n) is 30.4. The number of ether oxygens (including phenoxy) is 2. The van der Waals surface area contributed by atoms with Crippen LogP contribution < -0.4 is 5.32 Å². The Hall–Kier alpha value is -18.5. The molecule has 30 nitrogen and oxygen atoms in total. The number of aromatic nitrogens is 18. The monoisotopic (exact) mass is 1750 g/mol. The molecule has 0 radical (unpaired) electrons. The molecule has 0 unspecified atom stereocenters. The van der Waals surface area contributed by atoms with Crippen LogP contribution in [0.1, 0.15) is 61.5 Å². The van der Waals surface area contributed by atoms with Crippen molar-refractivity contribution in [2.24, 2.45) is 5.18 Å². The molecule has 13 aromatic carbocycles. The van der Waals surface area contributed by atoms with Gasteiger partial charge in [0.15, 0.2) is 51.2 Å². The summed E-state index contributed by atoms with van der Waals surface area (Å²) in [7, 11) is 1.33. The van der Waals surface area contributed by atoms with Gasteiger partial charge in [0, 0.05) is 40.2 Å².